The monoisotopic (exact) mass is 266 g/mol. The molecule has 3 heterocycles. The topological polar surface area (TPSA) is 145 Å². The number of rotatable bonds is 2. The molecule has 0 bridgehead atoms. The highest BCUT2D eigenvalue weighted by Crippen LogP contribution is 2.31. The summed E-state index contributed by atoms with van der Waals surface area (Å²) >= 11 is 0. The summed E-state index contributed by atoms with van der Waals surface area (Å²) in [6, 6.07) is 0. The van der Waals surface area contributed by atoms with Gasteiger partial charge in [0.2, 0.25) is 0 Å². The number of aliphatic hydroxyl groups excluding tert-OH is 2. The molecule has 19 heavy (non-hydrogen) atoms. The summed E-state index contributed by atoms with van der Waals surface area (Å²) < 4.78 is 7.04. The van der Waals surface area contributed by atoms with Gasteiger partial charge in [0.15, 0.2) is 17.7 Å². The molecule has 0 aliphatic carbocycles. The molecule has 102 valence electrons. The first kappa shape index (κ1) is 12.2. The van der Waals surface area contributed by atoms with Crippen LogP contribution in [0, 0.1) is 0 Å². The van der Waals surface area contributed by atoms with Gasteiger partial charge in [0.1, 0.15) is 30.2 Å². The van der Waals surface area contributed by atoms with E-state index in [1.165, 1.54) is 17.2 Å². The second-order valence-corrected chi connectivity index (χ2v) is 4.36. The van der Waals surface area contributed by atoms with Crippen molar-refractivity contribution in [2.75, 3.05) is 12.3 Å². The number of imidazole rings is 1. The van der Waals surface area contributed by atoms with Gasteiger partial charge in [0, 0.05) is 6.54 Å². The Morgan fingerprint density at radius 1 is 1.26 bits per heavy atom. The summed E-state index contributed by atoms with van der Waals surface area (Å²) in [5, 5.41) is 19.8. The Kier molecular flexibility index (Phi) is 2.82. The predicted octanol–water partition coefficient (Wildman–Crippen LogP) is -2.01. The third-order valence-corrected chi connectivity index (χ3v) is 3.23. The van der Waals surface area contributed by atoms with Crippen molar-refractivity contribution in [3.8, 4) is 0 Å². The molecule has 0 aromatic carbocycles. The van der Waals surface area contributed by atoms with Crippen molar-refractivity contribution in [2.45, 2.75) is 24.5 Å². The third-order valence-electron chi connectivity index (χ3n) is 3.23. The average molecular weight is 266 g/mol. The molecule has 1 saturated heterocycles. The highest BCUT2D eigenvalue weighted by molar-refractivity contribution is 5.81. The van der Waals surface area contributed by atoms with E-state index in [1.807, 2.05) is 0 Å². The molecule has 1 aliphatic rings. The lowest BCUT2D eigenvalue weighted by Crippen LogP contribution is -2.35. The van der Waals surface area contributed by atoms with Gasteiger partial charge in [-0.05, 0) is 0 Å². The maximum absolute atomic E-state index is 10.0. The van der Waals surface area contributed by atoms with Crippen LogP contribution in [0.3, 0.4) is 0 Å². The van der Waals surface area contributed by atoms with E-state index in [1.54, 1.807) is 0 Å². The van der Waals surface area contributed by atoms with Crippen molar-refractivity contribution in [2.24, 2.45) is 5.73 Å². The Balaban J connectivity index is 2.04. The lowest BCUT2D eigenvalue weighted by atomic mass is 10.1. The number of nitrogen functional groups attached to an aromatic ring is 1. The number of nitrogens with two attached hydrogens (primary N) is 2. The van der Waals surface area contributed by atoms with Gasteiger partial charge in [-0.15, -0.1) is 0 Å². The van der Waals surface area contributed by atoms with Crippen molar-refractivity contribution in [3.63, 3.8) is 0 Å². The Labute approximate surface area is 107 Å². The van der Waals surface area contributed by atoms with Gasteiger partial charge in [0.25, 0.3) is 0 Å². The Morgan fingerprint density at radius 2 is 2.05 bits per heavy atom. The molecule has 6 N–H and O–H groups in total. The molecule has 2 aromatic rings. The summed E-state index contributed by atoms with van der Waals surface area (Å²) in [4.78, 5) is 12.0. The molecule has 4 atom stereocenters. The highest BCUT2D eigenvalue weighted by atomic mass is 16.6. The van der Waals surface area contributed by atoms with Crippen LogP contribution in [0.1, 0.15) is 6.23 Å². The minimum absolute atomic E-state index is 0.110. The molecule has 0 radical (unpaired) electrons. The maximum Gasteiger partial charge on any atom is 0.167 e. The molecular weight excluding hydrogens is 252 g/mol. The Morgan fingerprint density at radius 3 is 2.74 bits per heavy atom. The lowest BCUT2D eigenvalue weighted by Gasteiger charge is -2.16. The molecule has 9 heteroatoms. The van der Waals surface area contributed by atoms with Gasteiger partial charge >= 0.3 is 0 Å². The third kappa shape index (κ3) is 1.75. The van der Waals surface area contributed by atoms with Crippen LogP contribution in [0.4, 0.5) is 5.82 Å². The second kappa shape index (κ2) is 4.38. The number of anilines is 1. The number of aromatic nitrogens is 4. The number of aliphatic hydroxyl groups is 2. The van der Waals surface area contributed by atoms with E-state index >= 15 is 0 Å². The summed E-state index contributed by atoms with van der Waals surface area (Å²) in [5.41, 5.74) is 12.0. The minimum Gasteiger partial charge on any atom is -0.387 e. The van der Waals surface area contributed by atoms with Gasteiger partial charge < -0.3 is 26.4 Å². The number of hydrogen-bond acceptors (Lipinski definition) is 8. The van der Waals surface area contributed by atoms with Crippen molar-refractivity contribution in [1.82, 2.24) is 19.5 Å². The van der Waals surface area contributed by atoms with Crippen molar-refractivity contribution >= 4 is 17.0 Å². The summed E-state index contributed by atoms with van der Waals surface area (Å²) in [5.74, 6) is 0.243. The van der Waals surface area contributed by atoms with Gasteiger partial charge in [0.05, 0.1) is 6.33 Å². The first-order chi connectivity index (χ1) is 9.13. The van der Waals surface area contributed by atoms with Gasteiger partial charge in [-0.25, -0.2) is 15.0 Å². The fourth-order valence-corrected chi connectivity index (χ4v) is 2.21. The van der Waals surface area contributed by atoms with E-state index in [0.717, 1.165) is 0 Å². The van der Waals surface area contributed by atoms with Crippen LogP contribution in [-0.2, 0) is 4.74 Å². The quantitative estimate of drug-likeness (QED) is 0.487. The molecule has 1 unspecified atom stereocenters. The SMILES string of the molecule is NC[C@H]1OC(n2cnc3c(N)ncnc32)[C@H](O)[C@@H]1O. The Bertz CT molecular complexity index is 602. The van der Waals surface area contributed by atoms with Crippen molar-refractivity contribution in [1.29, 1.82) is 0 Å². The molecule has 2 aromatic heterocycles. The van der Waals surface area contributed by atoms with E-state index in [0.29, 0.717) is 11.2 Å². The fraction of sp³-hybridized carbons (Fsp3) is 0.500. The predicted molar refractivity (Wildman–Crippen MR) is 64.7 cm³/mol. The highest BCUT2D eigenvalue weighted by Gasteiger charge is 2.43. The molecule has 3 rings (SSSR count). The summed E-state index contributed by atoms with van der Waals surface area (Å²) in [6.07, 6.45) is -0.850. The summed E-state index contributed by atoms with van der Waals surface area (Å²) in [7, 11) is 0. The van der Waals surface area contributed by atoms with E-state index in [-0.39, 0.29) is 12.4 Å². The van der Waals surface area contributed by atoms with Crippen LogP contribution in [0.15, 0.2) is 12.7 Å². The largest absolute Gasteiger partial charge is 0.387 e. The molecule has 1 fully saturated rings. The van der Waals surface area contributed by atoms with Crippen molar-refractivity contribution in [3.05, 3.63) is 12.7 Å². The normalized spacial score (nSPS) is 31.1. The van der Waals surface area contributed by atoms with Gasteiger partial charge in [-0.1, -0.05) is 0 Å². The fourth-order valence-electron chi connectivity index (χ4n) is 2.21. The standard InChI is InChI=1S/C10H14N6O3/c11-1-4-6(17)7(18)10(19-4)16-3-15-5-8(12)13-2-14-9(5)16/h2-4,6-7,10,17-18H,1,11H2,(H2,12,13,14)/t4-,6-,7-,10?/m1/s1. The van der Waals surface area contributed by atoms with Crippen LogP contribution in [0.25, 0.3) is 11.2 Å². The molecule has 9 nitrogen and oxygen atoms in total. The average Bonchev–Trinajstić information content (AvgIpc) is 2.94. The van der Waals surface area contributed by atoms with E-state index < -0.39 is 24.5 Å². The summed E-state index contributed by atoms with van der Waals surface area (Å²) in [6.45, 7) is 0.110. The van der Waals surface area contributed by atoms with Crippen LogP contribution in [-0.4, -0.2) is 54.6 Å². The molecule has 0 saturated carbocycles. The smallest absolute Gasteiger partial charge is 0.167 e. The van der Waals surface area contributed by atoms with Gasteiger partial charge in [-0.2, -0.15) is 0 Å². The minimum atomic E-state index is -1.11. The molecule has 0 amide bonds. The lowest BCUT2D eigenvalue weighted by molar-refractivity contribution is -0.0322. The van der Waals surface area contributed by atoms with Crippen LogP contribution < -0.4 is 11.5 Å². The van der Waals surface area contributed by atoms with E-state index in [2.05, 4.69) is 15.0 Å². The first-order valence-electron chi connectivity index (χ1n) is 5.78. The van der Waals surface area contributed by atoms with Crippen LogP contribution in [0.2, 0.25) is 0 Å². The van der Waals surface area contributed by atoms with Gasteiger partial charge in [-0.3, -0.25) is 4.57 Å². The zero-order valence-corrected chi connectivity index (χ0v) is 9.92. The second-order valence-electron chi connectivity index (χ2n) is 4.36. The molecule has 0 spiro atoms. The maximum atomic E-state index is 10.0. The van der Waals surface area contributed by atoms with Crippen LogP contribution >= 0.6 is 0 Å². The molecule has 1 aliphatic heterocycles. The zero-order valence-electron chi connectivity index (χ0n) is 9.92. The molecular formula is C10H14N6O3. The zero-order chi connectivity index (χ0) is 13.6. The number of ether oxygens (including phenoxy) is 1. The number of nitrogens with zero attached hydrogens (tertiary/aromatic N) is 4. The van der Waals surface area contributed by atoms with E-state index in [4.69, 9.17) is 16.2 Å². The first-order valence-corrected chi connectivity index (χ1v) is 5.78. The Hall–Kier alpha value is -1.81. The number of fused-ring (bicyclic) bond motifs is 1. The number of hydrogen-bond donors (Lipinski definition) is 4. The van der Waals surface area contributed by atoms with E-state index in [9.17, 15) is 10.2 Å². The van der Waals surface area contributed by atoms with Crippen molar-refractivity contribution < 1.29 is 14.9 Å². The van der Waals surface area contributed by atoms with Crippen LogP contribution in [0.5, 0.6) is 0 Å².